The number of hydrogen-bond donors (Lipinski definition) is 2. The maximum atomic E-state index is 12.8. The number of halogens is 3. The number of aliphatic imine (C=N–C) groups is 1. The van der Waals surface area contributed by atoms with E-state index in [2.05, 4.69) is 15.3 Å². The number of likely N-dealkylation sites (tertiary alicyclic amines) is 1. The monoisotopic (exact) mass is 519 g/mol. The van der Waals surface area contributed by atoms with Crippen molar-refractivity contribution in [1.82, 2.24) is 15.2 Å². The molecule has 0 aliphatic carbocycles. The largest absolute Gasteiger partial charge is 0.489 e. The Bertz CT molecular complexity index is 1140. The van der Waals surface area contributed by atoms with Crippen LogP contribution in [0.15, 0.2) is 47.7 Å². The number of amides is 2. The van der Waals surface area contributed by atoms with Crippen LogP contribution in [0.25, 0.3) is 5.57 Å². The minimum Gasteiger partial charge on any atom is -0.489 e. The molecule has 0 spiro atoms. The lowest BCUT2D eigenvalue weighted by molar-refractivity contribution is -0.133. The summed E-state index contributed by atoms with van der Waals surface area (Å²) in [6.07, 6.45) is 4.26. The number of benzene rings is 1. The number of hydrogen-bond acceptors (Lipinski definition) is 6. The van der Waals surface area contributed by atoms with Crippen molar-refractivity contribution in [1.29, 1.82) is 0 Å². The Kier molecular flexibility index (Phi) is 9.35. The summed E-state index contributed by atoms with van der Waals surface area (Å²) in [7, 11) is 0. The van der Waals surface area contributed by atoms with Crippen LogP contribution in [0.2, 0.25) is 5.02 Å². The van der Waals surface area contributed by atoms with Crippen molar-refractivity contribution in [3.8, 4) is 5.75 Å². The molecule has 2 heterocycles. The average Bonchev–Trinajstić information content (AvgIpc) is 2.84. The molecule has 8 nitrogen and oxygen atoms in total. The fourth-order valence-corrected chi connectivity index (χ4v) is 4.10. The van der Waals surface area contributed by atoms with Crippen LogP contribution in [0, 0.1) is 0 Å². The van der Waals surface area contributed by atoms with Crippen LogP contribution in [-0.2, 0) is 11.3 Å². The van der Waals surface area contributed by atoms with Crippen molar-refractivity contribution in [2.75, 3.05) is 6.54 Å². The zero-order chi connectivity index (χ0) is 26.2. The van der Waals surface area contributed by atoms with Crippen LogP contribution in [0.1, 0.15) is 48.3 Å². The topological polar surface area (TPSA) is 110 Å². The summed E-state index contributed by atoms with van der Waals surface area (Å²) < 4.78 is 31.6. The number of ether oxygens (including phenoxy) is 1. The molecule has 36 heavy (non-hydrogen) atoms. The molecule has 192 valence electrons. The molecule has 0 saturated carbocycles. The third kappa shape index (κ3) is 7.24. The van der Waals surface area contributed by atoms with Gasteiger partial charge in [0.15, 0.2) is 0 Å². The van der Waals surface area contributed by atoms with Gasteiger partial charge in [0.25, 0.3) is 5.91 Å². The first-order valence-corrected chi connectivity index (χ1v) is 11.8. The summed E-state index contributed by atoms with van der Waals surface area (Å²) in [5.41, 5.74) is 7.09. The molecule has 0 bridgehead atoms. The molecule has 1 aromatic heterocycles. The summed E-state index contributed by atoms with van der Waals surface area (Å²) in [6, 6.07) is 8.45. The zero-order valence-corrected chi connectivity index (χ0v) is 20.7. The number of carbonyl (C=O) groups is 2. The van der Waals surface area contributed by atoms with Crippen LogP contribution in [0.3, 0.4) is 0 Å². The minimum atomic E-state index is -2.91. The van der Waals surface area contributed by atoms with E-state index < -0.39 is 12.5 Å². The second kappa shape index (κ2) is 12.4. The van der Waals surface area contributed by atoms with E-state index in [0.29, 0.717) is 30.0 Å². The molecule has 3 rings (SSSR count). The fourth-order valence-electron chi connectivity index (χ4n) is 3.97. The van der Waals surface area contributed by atoms with Gasteiger partial charge in [-0.2, -0.15) is 8.78 Å². The summed E-state index contributed by atoms with van der Waals surface area (Å²) in [4.78, 5) is 33.7. The summed E-state index contributed by atoms with van der Waals surface area (Å²) in [5, 5.41) is 3.37. The molecule has 2 amide bonds. The van der Waals surface area contributed by atoms with Gasteiger partial charge in [0.2, 0.25) is 5.91 Å². The molecule has 1 aromatic carbocycles. The molecular weight excluding hydrogens is 492 g/mol. The summed E-state index contributed by atoms with van der Waals surface area (Å²) in [6.45, 7) is 1.31. The van der Waals surface area contributed by atoms with Gasteiger partial charge < -0.3 is 20.7 Å². The molecular formula is C25H28ClF2N5O3. The standard InChI is InChI=1S/C25H28ClF2N5O3/c1-15-9-20(7-8-33(15)16(2)34)36-23-10-22(24(35)31-12-17-3-5-19(26)6-4-17)30-14-21(23)18(11-29)13-32-25(27)28/h3-6,10-11,13-15,20,25H,7-9,12,29H2,1-2H3,(H,31,35)/b18-11+,32-13+. The maximum Gasteiger partial charge on any atom is 0.331 e. The molecule has 1 aliphatic rings. The summed E-state index contributed by atoms with van der Waals surface area (Å²) >= 11 is 5.90. The molecule has 2 atom stereocenters. The second-order valence-corrected chi connectivity index (χ2v) is 8.81. The number of alkyl halides is 2. The molecule has 11 heteroatoms. The number of pyridine rings is 1. The average molecular weight is 520 g/mol. The molecule has 0 radical (unpaired) electrons. The van der Waals surface area contributed by atoms with Crippen LogP contribution < -0.4 is 15.8 Å². The van der Waals surface area contributed by atoms with E-state index >= 15 is 0 Å². The van der Waals surface area contributed by atoms with E-state index in [1.165, 1.54) is 19.2 Å². The lowest BCUT2D eigenvalue weighted by Crippen LogP contribution is -2.46. The molecule has 3 N–H and O–H groups in total. The Morgan fingerprint density at radius 1 is 1.36 bits per heavy atom. The van der Waals surface area contributed by atoms with E-state index in [-0.39, 0.29) is 41.6 Å². The van der Waals surface area contributed by atoms with Crippen molar-refractivity contribution in [3.05, 3.63) is 64.6 Å². The number of rotatable bonds is 8. The number of carbonyl (C=O) groups excluding carboxylic acids is 2. The highest BCUT2D eigenvalue weighted by Crippen LogP contribution is 2.30. The van der Waals surface area contributed by atoms with Crippen molar-refractivity contribution in [2.45, 2.75) is 51.9 Å². The van der Waals surface area contributed by atoms with Crippen molar-refractivity contribution >= 4 is 35.2 Å². The van der Waals surface area contributed by atoms with Gasteiger partial charge in [-0.25, -0.2) is 4.99 Å². The molecule has 2 aromatic rings. The zero-order valence-electron chi connectivity index (χ0n) is 20.0. The van der Waals surface area contributed by atoms with Crippen LogP contribution >= 0.6 is 11.6 Å². The van der Waals surface area contributed by atoms with Gasteiger partial charge in [0.05, 0.1) is 0 Å². The molecule has 1 aliphatic heterocycles. The van der Waals surface area contributed by atoms with Gasteiger partial charge in [0.1, 0.15) is 17.5 Å². The minimum absolute atomic E-state index is 0.0123. The Morgan fingerprint density at radius 2 is 2.08 bits per heavy atom. The third-order valence-corrected chi connectivity index (χ3v) is 6.06. The van der Waals surface area contributed by atoms with Crippen molar-refractivity contribution in [3.63, 3.8) is 0 Å². The smallest absolute Gasteiger partial charge is 0.331 e. The Balaban J connectivity index is 1.84. The van der Waals surface area contributed by atoms with Crippen LogP contribution in [0.5, 0.6) is 5.75 Å². The number of aromatic nitrogens is 1. The van der Waals surface area contributed by atoms with Crippen molar-refractivity contribution < 1.29 is 23.1 Å². The van der Waals surface area contributed by atoms with Gasteiger partial charge in [-0.1, -0.05) is 23.7 Å². The SMILES string of the molecule is CC(=O)N1CCC(Oc2cc(C(=O)NCc3ccc(Cl)cc3)ncc2C(=C/N)/C=N/C(F)F)CC1C. The first kappa shape index (κ1) is 27.1. The highest BCUT2D eigenvalue weighted by atomic mass is 35.5. The van der Waals surface area contributed by atoms with Crippen LogP contribution in [0.4, 0.5) is 8.78 Å². The number of piperidine rings is 1. The van der Waals surface area contributed by atoms with Gasteiger partial charge in [-0.3, -0.25) is 14.6 Å². The number of nitrogens with two attached hydrogens (primary N) is 1. The van der Waals surface area contributed by atoms with E-state index in [4.69, 9.17) is 22.1 Å². The lowest BCUT2D eigenvalue weighted by atomic mass is 10.00. The highest BCUT2D eigenvalue weighted by Gasteiger charge is 2.29. The lowest BCUT2D eigenvalue weighted by Gasteiger charge is -2.37. The highest BCUT2D eigenvalue weighted by molar-refractivity contribution is 6.30. The maximum absolute atomic E-state index is 12.8. The number of allylic oxidation sites excluding steroid dienone is 1. The first-order valence-electron chi connectivity index (χ1n) is 11.4. The quantitative estimate of drug-likeness (QED) is 0.404. The fraction of sp³-hybridized carbons (Fsp3) is 0.360. The van der Waals surface area contributed by atoms with Gasteiger partial charge in [0, 0.05) is 79.7 Å². The first-order chi connectivity index (χ1) is 17.2. The predicted molar refractivity (Wildman–Crippen MR) is 134 cm³/mol. The van der Waals surface area contributed by atoms with E-state index in [1.807, 2.05) is 6.92 Å². The Morgan fingerprint density at radius 3 is 2.69 bits per heavy atom. The van der Waals surface area contributed by atoms with E-state index in [9.17, 15) is 18.4 Å². The van der Waals surface area contributed by atoms with Crippen molar-refractivity contribution in [2.24, 2.45) is 10.7 Å². The summed E-state index contributed by atoms with van der Waals surface area (Å²) in [5.74, 6) is -0.199. The van der Waals surface area contributed by atoms with Gasteiger partial charge in [-0.05, 0) is 24.6 Å². The Labute approximate surface area is 213 Å². The van der Waals surface area contributed by atoms with Gasteiger partial charge in [-0.15, -0.1) is 0 Å². The molecule has 2 unspecified atom stereocenters. The second-order valence-electron chi connectivity index (χ2n) is 8.38. The predicted octanol–water partition coefficient (Wildman–Crippen LogP) is 4.04. The molecule has 1 fully saturated rings. The number of nitrogens with zero attached hydrogens (tertiary/aromatic N) is 3. The van der Waals surface area contributed by atoms with E-state index in [1.54, 1.807) is 29.2 Å². The normalized spacial score (nSPS) is 18.5. The van der Waals surface area contributed by atoms with Crippen LogP contribution in [-0.4, -0.2) is 53.2 Å². The van der Waals surface area contributed by atoms with Gasteiger partial charge >= 0.3 is 6.55 Å². The van der Waals surface area contributed by atoms with E-state index in [0.717, 1.165) is 18.0 Å². The Hall–Kier alpha value is -3.53. The molecule has 1 saturated heterocycles. The third-order valence-electron chi connectivity index (χ3n) is 5.81. The number of nitrogens with one attached hydrogen (secondary N) is 1.